The number of methoxy groups -OCH3 is 1. The fraction of sp³-hybridized carbons (Fsp3) is 0.250. The van der Waals surface area contributed by atoms with E-state index >= 15 is 0 Å². The third-order valence-electron chi connectivity index (χ3n) is 5.32. The number of hydrogen-bond acceptors (Lipinski definition) is 4. The highest BCUT2D eigenvalue weighted by molar-refractivity contribution is 7.80. The van der Waals surface area contributed by atoms with Gasteiger partial charge in [-0.3, -0.25) is 9.59 Å². The first-order valence-corrected chi connectivity index (χ1v) is 8.84. The first-order chi connectivity index (χ1) is 12.6. The summed E-state index contributed by atoms with van der Waals surface area (Å²) in [6.07, 6.45) is 0.350. The molecule has 0 radical (unpaired) electrons. The van der Waals surface area contributed by atoms with Crippen LogP contribution in [0.4, 0.5) is 0 Å². The van der Waals surface area contributed by atoms with Crippen LogP contribution in [0.3, 0.4) is 0 Å². The summed E-state index contributed by atoms with van der Waals surface area (Å²) in [4.78, 5) is 27.2. The van der Waals surface area contributed by atoms with Gasteiger partial charge in [0.2, 0.25) is 5.91 Å². The summed E-state index contributed by atoms with van der Waals surface area (Å²) in [5, 5.41) is 3.10. The van der Waals surface area contributed by atoms with Gasteiger partial charge in [-0.15, -0.1) is 0 Å². The molecular weight excluding hydrogens is 348 g/mol. The molecule has 2 aromatic carbocycles. The van der Waals surface area contributed by atoms with Crippen LogP contribution < -0.4 is 5.32 Å². The number of esters is 1. The average Bonchev–Trinajstić information content (AvgIpc) is 3.19. The molecule has 2 saturated heterocycles. The summed E-state index contributed by atoms with van der Waals surface area (Å²) in [7, 11) is 1.38. The van der Waals surface area contributed by atoms with E-state index in [9.17, 15) is 9.59 Å². The molecule has 2 aliphatic rings. The Kier molecular flexibility index (Phi) is 4.00. The summed E-state index contributed by atoms with van der Waals surface area (Å²) in [5.74, 6) is -1.06. The van der Waals surface area contributed by atoms with Crippen molar-refractivity contribution in [2.75, 3.05) is 7.11 Å². The van der Waals surface area contributed by atoms with Crippen molar-refractivity contribution in [3.8, 4) is 0 Å². The SMILES string of the molecule is COC(=O)[C@@H]1C[C@H]2C(=O)NC(=S)N2C1(c1ccccc1)c1ccccc1. The monoisotopic (exact) mass is 366 g/mol. The molecule has 5 nitrogen and oxygen atoms in total. The van der Waals surface area contributed by atoms with Gasteiger partial charge in [0.1, 0.15) is 11.6 Å². The normalized spacial score (nSPS) is 23.5. The number of carbonyl (C=O) groups is 2. The average molecular weight is 366 g/mol. The Balaban J connectivity index is 2.04. The molecule has 6 heteroatoms. The number of thiocarbonyl (C=S) groups is 1. The Morgan fingerprint density at radius 2 is 1.65 bits per heavy atom. The number of nitrogens with zero attached hydrogens (tertiary/aromatic N) is 1. The minimum Gasteiger partial charge on any atom is -0.469 e. The fourth-order valence-corrected chi connectivity index (χ4v) is 4.70. The van der Waals surface area contributed by atoms with E-state index in [4.69, 9.17) is 17.0 Å². The molecule has 0 bridgehead atoms. The molecule has 26 heavy (non-hydrogen) atoms. The molecule has 2 fully saturated rings. The lowest BCUT2D eigenvalue weighted by Gasteiger charge is -2.42. The Labute approximate surface area is 157 Å². The van der Waals surface area contributed by atoms with Gasteiger partial charge in [0.15, 0.2) is 5.11 Å². The lowest BCUT2D eigenvalue weighted by atomic mass is 9.73. The van der Waals surface area contributed by atoms with Crippen LogP contribution in [0.2, 0.25) is 0 Å². The van der Waals surface area contributed by atoms with Crippen LogP contribution in [-0.2, 0) is 19.9 Å². The quantitative estimate of drug-likeness (QED) is 0.667. The molecule has 1 N–H and O–H groups in total. The highest BCUT2D eigenvalue weighted by atomic mass is 32.1. The number of rotatable bonds is 3. The van der Waals surface area contributed by atoms with Crippen molar-refractivity contribution in [3.05, 3.63) is 71.8 Å². The maximum atomic E-state index is 12.8. The van der Waals surface area contributed by atoms with E-state index in [-0.39, 0.29) is 11.9 Å². The molecule has 2 aromatic rings. The molecular formula is C20H18N2O3S. The second kappa shape index (κ2) is 6.21. The molecule has 0 unspecified atom stereocenters. The predicted molar refractivity (Wildman–Crippen MR) is 100 cm³/mol. The second-order valence-corrected chi connectivity index (χ2v) is 6.88. The summed E-state index contributed by atoms with van der Waals surface area (Å²) >= 11 is 5.50. The van der Waals surface area contributed by atoms with Crippen LogP contribution in [-0.4, -0.2) is 35.0 Å². The molecule has 4 rings (SSSR count). The zero-order chi connectivity index (χ0) is 18.3. The van der Waals surface area contributed by atoms with E-state index in [2.05, 4.69) is 5.32 Å². The number of benzene rings is 2. The van der Waals surface area contributed by atoms with Crippen LogP contribution in [0.15, 0.2) is 60.7 Å². The summed E-state index contributed by atoms with van der Waals surface area (Å²) < 4.78 is 5.13. The molecule has 0 aromatic heterocycles. The Hall–Kier alpha value is -2.73. The minimum absolute atomic E-state index is 0.169. The first-order valence-electron chi connectivity index (χ1n) is 8.43. The van der Waals surface area contributed by atoms with Crippen LogP contribution in [0, 0.1) is 5.92 Å². The molecule has 2 atom stereocenters. The molecule has 0 spiro atoms. The molecule has 132 valence electrons. The number of amides is 1. The van der Waals surface area contributed by atoms with E-state index < -0.39 is 17.5 Å². The highest BCUT2D eigenvalue weighted by Crippen LogP contribution is 2.52. The smallest absolute Gasteiger partial charge is 0.311 e. The molecule has 1 amide bonds. The topological polar surface area (TPSA) is 58.6 Å². The molecule has 2 aliphatic heterocycles. The van der Waals surface area contributed by atoms with Gasteiger partial charge in [0.05, 0.1) is 13.0 Å². The maximum absolute atomic E-state index is 12.8. The number of hydrogen-bond donors (Lipinski definition) is 1. The van der Waals surface area contributed by atoms with Gasteiger partial charge >= 0.3 is 5.97 Å². The Morgan fingerprint density at radius 1 is 1.12 bits per heavy atom. The van der Waals surface area contributed by atoms with Crippen LogP contribution in [0.1, 0.15) is 17.5 Å². The minimum atomic E-state index is -0.892. The van der Waals surface area contributed by atoms with Gasteiger partial charge in [-0.1, -0.05) is 60.7 Å². The van der Waals surface area contributed by atoms with Gasteiger partial charge in [0.25, 0.3) is 0 Å². The second-order valence-electron chi connectivity index (χ2n) is 6.49. The van der Waals surface area contributed by atoms with E-state index in [1.165, 1.54) is 7.11 Å². The highest BCUT2D eigenvalue weighted by Gasteiger charge is 2.63. The van der Waals surface area contributed by atoms with E-state index in [0.29, 0.717) is 11.5 Å². The van der Waals surface area contributed by atoms with Gasteiger partial charge in [-0.2, -0.15) is 0 Å². The van der Waals surface area contributed by atoms with Crippen molar-refractivity contribution in [1.29, 1.82) is 0 Å². The van der Waals surface area contributed by atoms with Crippen molar-refractivity contribution in [2.24, 2.45) is 5.92 Å². The standard InChI is InChI=1S/C20H18N2O3S/c1-25-18(24)15-12-16-17(23)21-19(26)22(16)20(15,13-8-4-2-5-9-13)14-10-6-3-7-11-14/h2-11,15-16H,12H2,1H3,(H,21,23,26)/t15-,16-/m0/s1. The van der Waals surface area contributed by atoms with E-state index in [0.717, 1.165) is 11.1 Å². The van der Waals surface area contributed by atoms with Crippen molar-refractivity contribution >= 4 is 29.2 Å². The lowest BCUT2D eigenvalue weighted by Crippen LogP contribution is -2.51. The molecule has 0 aliphatic carbocycles. The van der Waals surface area contributed by atoms with Crippen LogP contribution in [0.5, 0.6) is 0 Å². The number of nitrogens with one attached hydrogen (secondary N) is 1. The summed E-state index contributed by atoms with van der Waals surface area (Å²) in [6.45, 7) is 0. The van der Waals surface area contributed by atoms with Gasteiger partial charge < -0.3 is 15.0 Å². The zero-order valence-corrected chi connectivity index (χ0v) is 15.0. The first kappa shape index (κ1) is 16.7. The van der Waals surface area contributed by atoms with E-state index in [1.807, 2.05) is 65.6 Å². The van der Waals surface area contributed by atoms with Crippen molar-refractivity contribution in [3.63, 3.8) is 0 Å². The van der Waals surface area contributed by atoms with Gasteiger partial charge in [-0.05, 0) is 29.8 Å². The third kappa shape index (κ3) is 2.18. The van der Waals surface area contributed by atoms with Crippen molar-refractivity contribution in [1.82, 2.24) is 10.2 Å². The number of carbonyl (C=O) groups excluding carboxylic acids is 2. The summed E-state index contributed by atoms with van der Waals surface area (Å²) in [5.41, 5.74) is 0.919. The predicted octanol–water partition coefficient (Wildman–Crippen LogP) is 2.21. The molecule has 2 heterocycles. The lowest BCUT2D eigenvalue weighted by molar-refractivity contribution is -0.147. The van der Waals surface area contributed by atoms with Gasteiger partial charge in [0, 0.05) is 0 Å². The Morgan fingerprint density at radius 3 is 2.15 bits per heavy atom. The van der Waals surface area contributed by atoms with Crippen LogP contribution >= 0.6 is 12.2 Å². The van der Waals surface area contributed by atoms with E-state index in [1.54, 1.807) is 0 Å². The third-order valence-corrected chi connectivity index (χ3v) is 5.62. The van der Waals surface area contributed by atoms with Crippen molar-refractivity contribution in [2.45, 2.75) is 18.0 Å². The molecule has 0 saturated carbocycles. The fourth-order valence-electron chi connectivity index (χ4n) is 4.33. The largest absolute Gasteiger partial charge is 0.469 e. The van der Waals surface area contributed by atoms with Gasteiger partial charge in [-0.25, -0.2) is 0 Å². The summed E-state index contributed by atoms with van der Waals surface area (Å²) in [6, 6.07) is 18.9. The zero-order valence-electron chi connectivity index (χ0n) is 14.2. The Bertz CT molecular complexity index is 830. The van der Waals surface area contributed by atoms with Crippen molar-refractivity contribution < 1.29 is 14.3 Å². The van der Waals surface area contributed by atoms with Crippen LogP contribution in [0.25, 0.3) is 0 Å². The number of fused-ring (bicyclic) bond motifs is 1. The maximum Gasteiger partial charge on any atom is 0.311 e. The number of ether oxygens (including phenoxy) is 1.